The molecule has 2 aliphatic rings. The van der Waals surface area contributed by atoms with Gasteiger partial charge >= 0.3 is 0 Å². The van der Waals surface area contributed by atoms with Gasteiger partial charge in [-0.15, -0.1) is 0 Å². The lowest BCUT2D eigenvalue weighted by Gasteiger charge is -2.28. The average Bonchev–Trinajstić information content (AvgIpc) is 2.92. The van der Waals surface area contributed by atoms with Gasteiger partial charge in [0.2, 0.25) is 5.91 Å². The van der Waals surface area contributed by atoms with E-state index in [4.69, 9.17) is 4.74 Å². The summed E-state index contributed by atoms with van der Waals surface area (Å²) in [5.41, 5.74) is 1.11. The molecular weight excluding hydrogens is 314 g/mol. The van der Waals surface area contributed by atoms with Crippen LogP contribution in [0.1, 0.15) is 37.7 Å². The highest BCUT2D eigenvalue weighted by molar-refractivity contribution is 5.76. The summed E-state index contributed by atoms with van der Waals surface area (Å²) in [5.74, 6) is 1.60. The van der Waals surface area contributed by atoms with Crippen LogP contribution in [0.4, 0.5) is 0 Å². The van der Waals surface area contributed by atoms with E-state index in [0.29, 0.717) is 37.6 Å². The van der Waals surface area contributed by atoms with Crippen molar-refractivity contribution in [3.05, 3.63) is 29.8 Å². The molecule has 3 rings (SSSR count). The number of benzene rings is 1. The van der Waals surface area contributed by atoms with Crippen LogP contribution in [-0.4, -0.2) is 50.1 Å². The molecule has 1 aromatic rings. The number of carbonyl (C=O) groups is 1. The van der Waals surface area contributed by atoms with Gasteiger partial charge in [-0.25, -0.2) is 0 Å². The molecular formula is C20H31N3O2. The number of carbonyl (C=O) groups excluding carboxylic acids is 1. The smallest absolute Gasteiger partial charge is 0.220 e. The topological polar surface area (TPSA) is 53.6 Å². The van der Waals surface area contributed by atoms with E-state index in [9.17, 15) is 4.79 Å². The van der Waals surface area contributed by atoms with E-state index in [1.54, 1.807) is 0 Å². The minimum Gasteiger partial charge on any atom is -0.492 e. The second-order valence-corrected chi connectivity index (χ2v) is 7.75. The van der Waals surface area contributed by atoms with Crippen molar-refractivity contribution in [1.82, 2.24) is 15.5 Å². The minimum atomic E-state index is 0.178. The van der Waals surface area contributed by atoms with Gasteiger partial charge in [-0.05, 0) is 63.4 Å². The number of nitrogens with one attached hydrogen (secondary N) is 2. The number of piperidine rings is 1. The first kappa shape index (κ1) is 18.2. The number of hydrogen-bond acceptors (Lipinski definition) is 4. The first-order chi connectivity index (χ1) is 12.1. The van der Waals surface area contributed by atoms with E-state index in [-0.39, 0.29) is 5.91 Å². The van der Waals surface area contributed by atoms with Crippen molar-refractivity contribution in [3.63, 3.8) is 0 Å². The van der Waals surface area contributed by atoms with Gasteiger partial charge in [-0.1, -0.05) is 12.1 Å². The third kappa shape index (κ3) is 5.72. The van der Waals surface area contributed by atoms with E-state index >= 15 is 0 Å². The van der Waals surface area contributed by atoms with Crippen LogP contribution in [0, 0.1) is 5.92 Å². The molecule has 0 aliphatic carbocycles. The minimum absolute atomic E-state index is 0.178. The third-order valence-corrected chi connectivity index (χ3v) is 5.27. The number of nitrogens with zero attached hydrogens (tertiary/aromatic N) is 1. The van der Waals surface area contributed by atoms with Crippen molar-refractivity contribution < 1.29 is 9.53 Å². The zero-order valence-corrected chi connectivity index (χ0v) is 15.5. The zero-order chi connectivity index (χ0) is 17.6. The molecule has 2 unspecified atom stereocenters. The summed E-state index contributed by atoms with van der Waals surface area (Å²) in [4.78, 5) is 14.3. The fourth-order valence-electron chi connectivity index (χ4n) is 3.93. The van der Waals surface area contributed by atoms with Crippen LogP contribution in [0.5, 0.6) is 5.75 Å². The van der Waals surface area contributed by atoms with Crippen molar-refractivity contribution in [1.29, 1.82) is 0 Å². The summed E-state index contributed by atoms with van der Waals surface area (Å²) < 4.78 is 5.69. The summed E-state index contributed by atoms with van der Waals surface area (Å²) >= 11 is 0. The fraction of sp³-hybridized carbons (Fsp3) is 0.650. The summed E-state index contributed by atoms with van der Waals surface area (Å²) in [6.07, 6.45) is 5.55. The highest BCUT2D eigenvalue weighted by Gasteiger charge is 2.34. The molecule has 2 fully saturated rings. The van der Waals surface area contributed by atoms with Gasteiger partial charge in [0.25, 0.3) is 0 Å². The second kappa shape index (κ2) is 8.68. The number of fused-ring (bicyclic) bond motifs is 2. The van der Waals surface area contributed by atoms with E-state index in [0.717, 1.165) is 30.7 Å². The van der Waals surface area contributed by atoms with Gasteiger partial charge in [0.05, 0.1) is 0 Å². The Hall–Kier alpha value is -1.59. The normalized spacial score (nSPS) is 25.2. The highest BCUT2D eigenvalue weighted by Crippen LogP contribution is 2.32. The highest BCUT2D eigenvalue weighted by atomic mass is 16.5. The van der Waals surface area contributed by atoms with Crippen molar-refractivity contribution in [2.75, 3.05) is 27.2 Å². The van der Waals surface area contributed by atoms with Crippen LogP contribution in [0.3, 0.4) is 0 Å². The lowest BCUT2D eigenvalue weighted by atomic mass is 9.89. The van der Waals surface area contributed by atoms with Crippen LogP contribution in [-0.2, 0) is 11.3 Å². The second-order valence-electron chi connectivity index (χ2n) is 7.75. The van der Waals surface area contributed by atoms with Crippen molar-refractivity contribution in [2.45, 2.75) is 50.7 Å². The predicted octanol–water partition coefficient (Wildman–Crippen LogP) is 2.16. The lowest BCUT2D eigenvalue weighted by Crippen LogP contribution is -2.39. The quantitative estimate of drug-likeness (QED) is 0.758. The molecule has 0 spiro atoms. The van der Waals surface area contributed by atoms with Gasteiger partial charge in [0.15, 0.2) is 0 Å². The summed E-state index contributed by atoms with van der Waals surface area (Å²) in [6.45, 7) is 2.17. The standard InChI is InChI=1S/C20H31N3O2/c1-23(2)9-10-25-19-7-3-15(4-8-19)14-21-20(24)13-16-11-17-5-6-18(12-16)22-17/h3-4,7-8,16-18,22H,5-6,9-14H2,1-2H3,(H,21,24). The molecule has 5 nitrogen and oxygen atoms in total. The summed E-state index contributed by atoms with van der Waals surface area (Å²) in [6, 6.07) is 9.29. The Kier molecular flexibility index (Phi) is 6.32. The molecule has 5 heteroatoms. The molecule has 2 bridgehead atoms. The Bertz CT molecular complexity index is 547. The van der Waals surface area contributed by atoms with Gasteiger partial charge in [-0.2, -0.15) is 0 Å². The van der Waals surface area contributed by atoms with Crippen molar-refractivity contribution >= 4 is 5.91 Å². The molecule has 25 heavy (non-hydrogen) atoms. The van der Waals surface area contributed by atoms with E-state index in [1.807, 2.05) is 38.4 Å². The SMILES string of the molecule is CN(C)CCOc1ccc(CNC(=O)CC2CC3CCC(C2)N3)cc1. The Morgan fingerprint density at radius 1 is 1.20 bits per heavy atom. The van der Waals surface area contributed by atoms with Gasteiger partial charge in [0, 0.05) is 31.6 Å². The fourth-order valence-corrected chi connectivity index (χ4v) is 3.93. The van der Waals surface area contributed by atoms with Gasteiger partial charge in [-0.3, -0.25) is 4.79 Å². The average molecular weight is 345 g/mol. The largest absolute Gasteiger partial charge is 0.492 e. The lowest BCUT2D eigenvalue weighted by molar-refractivity contribution is -0.122. The maximum Gasteiger partial charge on any atom is 0.220 e. The molecule has 1 aromatic carbocycles. The molecule has 1 amide bonds. The maximum atomic E-state index is 12.2. The maximum absolute atomic E-state index is 12.2. The summed E-state index contributed by atoms with van der Waals surface area (Å²) in [7, 11) is 4.06. The van der Waals surface area contributed by atoms with Crippen molar-refractivity contribution in [2.24, 2.45) is 5.92 Å². The van der Waals surface area contributed by atoms with Crippen LogP contribution in [0.15, 0.2) is 24.3 Å². The predicted molar refractivity (Wildman–Crippen MR) is 99.6 cm³/mol. The molecule has 0 radical (unpaired) electrons. The van der Waals surface area contributed by atoms with Crippen LogP contribution in [0.2, 0.25) is 0 Å². The number of likely N-dealkylation sites (N-methyl/N-ethyl adjacent to an activating group) is 1. The Morgan fingerprint density at radius 3 is 2.52 bits per heavy atom. The molecule has 2 N–H and O–H groups in total. The van der Waals surface area contributed by atoms with Crippen molar-refractivity contribution in [3.8, 4) is 5.75 Å². The molecule has 0 aromatic heterocycles. The molecule has 2 atom stereocenters. The monoisotopic (exact) mass is 345 g/mol. The van der Waals surface area contributed by atoms with E-state index in [1.165, 1.54) is 12.8 Å². The Morgan fingerprint density at radius 2 is 1.88 bits per heavy atom. The van der Waals surface area contributed by atoms with Gasteiger partial charge in [0.1, 0.15) is 12.4 Å². The van der Waals surface area contributed by atoms with Gasteiger partial charge < -0.3 is 20.3 Å². The number of hydrogen-bond donors (Lipinski definition) is 2. The summed E-state index contributed by atoms with van der Waals surface area (Å²) in [5, 5.41) is 6.70. The number of rotatable bonds is 8. The number of ether oxygens (including phenoxy) is 1. The molecule has 0 saturated carbocycles. The Balaban J connectivity index is 1.37. The first-order valence-corrected chi connectivity index (χ1v) is 9.47. The third-order valence-electron chi connectivity index (χ3n) is 5.27. The van der Waals surface area contributed by atoms with Crippen LogP contribution in [0.25, 0.3) is 0 Å². The first-order valence-electron chi connectivity index (χ1n) is 9.47. The number of amides is 1. The Labute approximate surface area is 151 Å². The van der Waals surface area contributed by atoms with Crippen LogP contribution >= 0.6 is 0 Å². The molecule has 138 valence electrons. The van der Waals surface area contributed by atoms with Crippen LogP contribution < -0.4 is 15.4 Å². The van der Waals surface area contributed by atoms with E-state index < -0.39 is 0 Å². The zero-order valence-electron chi connectivity index (χ0n) is 15.5. The molecule has 2 heterocycles. The molecule has 2 aliphatic heterocycles. The molecule has 2 saturated heterocycles. The van der Waals surface area contributed by atoms with E-state index in [2.05, 4.69) is 15.5 Å².